The Morgan fingerprint density at radius 3 is 2.53 bits per heavy atom. The first kappa shape index (κ1) is 21.6. The average Bonchev–Trinajstić information content (AvgIpc) is 3.16. The lowest BCUT2D eigenvalue weighted by Crippen LogP contribution is -2.34. The number of carboxylic acids is 1. The molecule has 0 spiro atoms. The van der Waals surface area contributed by atoms with Gasteiger partial charge in [0.2, 0.25) is 0 Å². The number of piperidine rings is 1. The number of hydrogen-bond acceptors (Lipinski definition) is 5. The van der Waals surface area contributed by atoms with Crippen LogP contribution in [0.2, 0.25) is 15.1 Å². The van der Waals surface area contributed by atoms with Crippen LogP contribution in [-0.2, 0) is 0 Å². The quantitative estimate of drug-likeness (QED) is 0.449. The number of amides is 1. The van der Waals surface area contributed by atoms with E-state index in [4.69, 9.17) is 34.8 Å². The van der Waals surface area contributed by atoms with Crippen LogP contribution in [0.4, 0.5) is 5.13 Å². The monoisotopic (exact) mass is 510 g/mol. The number of carbonyl (C=O) groups excluding carboxylic acids is 1. The molecule has 11 heteroatoms. The van der Waals surface area contributed by atoms with Crippen LogP contribution in [0.25, 0.3) is 11.3 Å². The summed E-state index contributed by atoms with van der Waals surface area (Å²) < 4.78 is 0. The van der Waals surface area contributed by atoms with Gasteiger partial charge in [0.1, 0.15) is 10.6 Å². The molecule has 1 amide bonds. The second kappa shape index (κ2) is 7.95. The normalized spacial score (nSPS) is 21.5. The summed E-state index contributed by atoms with van der Waals surface area (Å²) in [5.74, 6) is -0.747. The molecule has 1 saturated carbocycles. The van der Waals surface area contributed by atoms with Crippen molar-refractivity contribution < 1.29 is 14.7 Å². The zero-order chi connectivity index (χ0) is 22.7. The summed E-state index contributed by atoms with van der Waals surface area (Å²) in [6, 6.07) is 7.05. The lowest BCUT2D eigenvalue weighted by molar-refractivity contribution is 0.0702. The van der Waals surface area contributed by atoms with Gasteiger partial charge in [0.25, 0.3) is 5.91 Å². The Bertz CT molecular complexity index is 1250. The molecular formula is C21H17Cl3N4O3S. The molecule has 3 heterocycles. The lowest BCUT2D eigenvalue weighted by Gasteiger charge is -2.19. The molecule has 166 valence electrons. The highest BCUT2D eigenvalue weighted by Crippen LogP contribution is 2.48. The molecular weight excluding hydrogens is 495 g/mol. The van der Waals surface area contributed by atoms with Crippen molar-refractivity contribution in [2.24, 2.45) is 11.8 Å². The summed E-state index contributed by atoms with van der Waals surface area (Å²) in [4.78, 5) is 34.2. The number of rotatable bonds is 5. The highest BCUT2D eigenvalue weighted by Gasteiger charge is 2.57. The first-order valence-electron chi connectivity index (χ1n) is 9.84. The molecule has 3 N–H and O–H groups in total. The van der Waals surface area contributed by atoms with Crippen LogP contribution >= 0.6 is 46.1 Å². The van der Waals surface area contributed by atoms with Crippen molar-refractivity contribution in [1.82, 2.24) is 15.3 Å². The highest BCUT2D eigenvalue weighted by atomic mass is 35.5. The minimum Gasteiger partial charge on any atom is -0.477 e. The van der Waals surface area contributed by atoms with Crippen molar-refractivity contribution in [3.05, 3.63) is 55.6 Å². The van der Waals surface area contributed by atoms with Crippen molar-refractivity contribution in [3.8, 4) is 11.3 Å². The second-order valence-electron chi connectivity index (χ2n) is 7.97. The number of aryl methyl sites for hydroxylation is 1. The number of halogens is 3. The van der Waals surface area contributed by atoms with Crippen molar-refractivity contribution >= 4 is 63.1 Å². The summed E-state index contributed by atoms with van der Waals surface area (Å²) in [6.07, 6.45) is 0. The molecule has 1 saturated heterocycles. The molecule has 2 fully saturated rings. The van der Waals surface area contributed by atoms with E-state index < -0.39 is 5.97 Å². The molecule has 3 atom stereocenters. The Morgan fingerprint density at radius 1 is 1.22 bits per heavy atom. The fourth-order valence-corrected chi connectivity index (χ4v) is 5.82. The van der Waals surface area contributed by atoms with Crippen molar-refractivity contribution in [2.45, 2.75) is 13.0 Å². The first-order chi connectivity index (χ1) is 15.2. The lowest BCUT2D eigenvalue weighted by atomic mass is 10.1. The number of hydrogen-bond donors (Lipinski definition) is 3. The Kier molecular flexibility index (Phi) is 5.36. The number of H-pyrrole nitrogens is 1. The number of fused-ring (bicyclic) bond motifs is 1. The smallest absolute Gasteiger partial charge is 0.348 e. The van der Waals surface area contributed by atoms with Gasteiger partial charge in [-0.3, -0.25) is 4.79 Å². The van der Waals surface area contributed by atoms with Crippen molar-refractivity contribution in [3.63, 3.8) is 0 Å². The van der Waals surface area contributed by atoms with E-state index in [0.29, 0.717) is 45.2 Å². The second-order valence-corrected chi connectivity index (χ2v) is 10.1. The van der Waals surface area contributed by atoms with E-state index in [9.17, 15) is 14.7 Å². The predicted molar refractivity (Wildman–Crippen MR) is 126 cm³/mol. The van der Waals surface area contributed by atoms with Crippen LogP contribution < -0.4 is 10.2 Å². The first-order valence-corrected chi connectivity index (χ1v) is 11.8. The number of aromatic amines is 1. The number of aromatic nitrogens is 2. The van der Waals surface area contributed by atoms with Gasteiger partial charge in [-0.2, -0.15) is 0 Å². The predicted octanol–water partition coefficient (Wildman–Crippen LogP) is 4.97. The van der Waals surface area contributed by atoms with Gasteiger partial charge in [-0.1, -0.05) is 58.3 Å². The van der Waals surface area contributed by atoms with Gasteiger partial charge in [0.15, 0.2) is 5.13 Å². The largest absolute Gasteiger partial charge is 0.477 e. The molecule has 3 aromatic rings. The Morgan fingerprint density at radius 2 is 1.94 bits per heavy atom. The molecule has 5 rings (SSSR count). The van der Waals surface area contributed by atoms with Crippen LogP contribution in [0, 0.1) is 18.8 Å². The number of aromatic carboxylic acids is 1. The van der Waals surface area contributed by atoms with Gasteiger partial charge >= 0.3 is 5.97 Å². The molecule has 0 bridgehead atoms. The third-order valence-electron chi connectivity index (χ3n) is 5.95. The minimum atomic E-state index is -1.02. The van der Waals surface area contributed by atoms with E-state index in [2.05, 4.69) is 20.2 Å². The molecule has 2 aromatic heterocycles. The molecule has 1 aromatic carbocycles. The van der Waals surface area contributed by atoms with Crippen molar-refractivity contribution in [1.29, 1.82) is 0 Å². The minimum absolute atomic E-state index is 0.0449. The molecule has 0 radical (unpaired) electrons. The van der Waals surface area contributed by atoms with Crippen LogP contribution in [-0.4, -0.2) is 46.1 Å². The fraction of sp³-hybridized carbons (Fsp3) is 0.286. The fourth-order valence-electron chi connectivity index (χ4n) is 4.27. The molecule has 7 nitrogen and oxygen atoms in total. The Hall–Kier alpha value is -2.26. The number of anilines is 1. The zero-order valence-electron chi connectivity index (χ0n) is 16.7. The number of carboxylic acid groups (broad SMARTS) is 1. The number of thiazole rings is 1. The SMILES string of the molecule is Cc1[nH]c(C(=O)N[C@@H]2[C@@H]3CN(c4nc(-c5cccc(Cl)c5)c(C(=O)O)s4)C[C@@H]32)c(Cl)c1Cl. The van der Waals surface area contributed by atoms with Gasteiger partial charge in [-0.25, -0.2) is 9.78 Å². The Balaban J connectivity index is 1.29. The van der Waals surface area contributed by atoms with E-state index in [0.717, 1.165) is 11.3 Å². The molecule has 1 aliphatic carbocycles. The molecule has 32 heavy (non-hydrogen) atoms. The number of carbonyl (C=O) groups is 2. The molecule has 2 aliphatic rings. The van der Waals surface area contributed by atoms with Crippen LogP contribution in [0.1, 0.15) is 25.9 Å². The number of nitrogens with one attached hydrogen (secondary N) is 2. The van der Waals surface area contributed by atoms with E-state index in [1.165, 1.54) is 0 Å². The van der Waals surface area contributed by atoms with Gasteiger partial charge in [0, 0.05) is 47.2 Å². The maximum atomic E-state index is 12.6. The topological polar surface area (TPSA) is 98.3 Å². The van der Waals surface area contributed by atoms with Crippen LogP contribution in [0.5, 0.6) is 0 Å². The third kappa shape index (κ3) is 3.65. The van der Waals surface area contributed by atoms with Gasteiger partial charge < -0.3 is 20.3 Å². The van der Waals surface area contributed by atoms with Gasteiger partial charge in [-0.15, -0.1) is 0 Å². The average molecular weight is 512 g/mol. The molecule has 0 unspecified atom stereocenters. The number of benzene rings is 1. The van der Waals surface area contributed by atoms with Crippen LogP contribution in [0.3, 0.4) is 0 Å². The van der Waals surface area contributed by atoms with Crippen LogP contribution in [0.15, 0.2) is 24.3 Å². The van der Waals surface area contributed by atoms with E-state index in [1.807, 2.05) is 0 Å². The summed E-state index contributed by atoms with van der Waals surface area (Å²) in [5, 5.41) is 14.4. The summed E-state index contributed by atoms with van der Waals surface area (Å²) in [6.45, 7) is 3.14. The zero-order valence-corrected chi connectivity index (χ0v) is 19.7. The maximum absolute atomic E-state index is 12.6. The standard InChI is InChI=1S/C21H17Cl3N4O3S/c1-8-13(23)14(24)17(25-8)19(29)26-16-11-6-28(7-12(11)16)21-27-15(18(32-21)20(30)31)9-3-2-4-10(22)5-9/h2-5,11-12,16,25H,6-7H2,1H3,(H,26,29)(H,30,31)/t11-,12+,16-. The highest BCUT2D eigenvalue weighted by molar-refractivity contribution is 7.17. The summed E-state index contributed by atoms with van der Waals surface area (Å²) >= 11 is 19.4. The van der Waals surface area contributed by atoms with E-state index in [-0.39, 0.29) is 39.4 Å². The Labute approximate surface area is 202 Å². The summed E-state index contributed by atoms with van der Waals surface area (Å²) in [7, 11) is 0. The maximum Gasteiger partial charge on any atom is 0.348 e. The van der Waals surface area contributed by atoms with Crippen molar-refractivity contribution in [2.75, 3.05) is 18.0 Å². The van der Waals surface area contributed by atoms with Gasteiger partial charge in [0.05, 0.1) is 15.7 Å². The van der Waals surface area contributed by atoms with E-state index >= 15 is 0 Å². The van der Waals surface area contributed by atoms with E-state index in [1.54, 1.807) is 31.2 Å². The van der Waals surface area contributed by atoms with Gasteiger partial charge in [-0.05, 0) is 19.1 Å². The molecule has 1 aliphatic heterocycles. The number of nitrogens with zero attached hydrogens (tertiary/aromatic N) is 2. The summed E-state index contributed by atoms with van der Waals surface area (Å²) in [5.41, 5.74) is 2.01. The third-order valence-corrected chi connectivity index (χ3v) is 8.24.